The first kappa shape index (κ1) is 65.3. The number of aliphatic hydroxyl groups excluding tert-OH is 8. The molecule has 14 heteroatoms. The molecule has 0 aromatic carbocycles. The molecule has 0 aromatic rings. The Labute approximate surface area is 430 Å². The third-order valence-electron chi connectivity index (χ3n) is 14.1. The van der Waals surface area contributed by atoms with Gasteiger partial charge in [-0.3, -0.25) is 4.79 Å². The van der Waals surface area contributed by atoms with Crippen LogP contribution in [-0.2, 0) is 23.7 Å². The Morgan fingerprint density at radius 1 is 0.493 bits per heavy atom. The first-order chi connectivity index (χ1) is 34.6. The number of aliphatic hydroxyl groups is 8. The predicted molar refractivity (Wildman–Crippen MR) is 281 cm³/mol. The molecule has 2 rings (SSSR count). The zero-order valence-corrected chi connectivity index (χ0v) is 44.5. The highest BCUT2D eigenvalue weighted by molar-refractivity contribution is 5.76. The van der Waals surface area contributed by atoms with Crippen LogP contribution in [0.3, 0.4) is 0 Å². The fourth-order valence-electron chi connectivity index (χ4n) is 9.38. The van der Waals surface area contributed by atoms with E-state index in [1.807, 2.05) is 6.08 Å². The lowest BCUT2D eigenvalue weighted by Crippen LogP contribution is -2.65. The molecule has 1 amide bonds. The summed E-state index contributed by atoms with van der Waals surface area (Å²) in [6.45, 7) is 2.74. The van der Waals surface area contributed by atoms with Crippen molar-refractivity contribution >= 4 is 5.91 Å². The van der Waals surface area contributed by atoms with Crippen molar-refractivity contribution in [3.8, 4) is 0 Å². The Kier molecular flexibility index (Phi) is 40.0. The highest BCUT2D eigenvalue weighted by Crippen LogP contribution is 2.30. The molecule has 12 unspecified atom stereocenters. The van der Waals surface area contributed by atoms with Crippen LogP contribution in [-0.4, -0.2) is 140 Å². The molecule has 12 atom stereocenters. The molecule has 416 valence electrons. The molecular weight excluding hydrogens is 907 g/mol. The summed E-state index contributed by atoms with van der Waals surface area (Å²) in [7, 11) is 0. The summed E-state index contributed by atoms with van der Waals surface area (Å²) in [6, 6.07) is -0.934. The van der Waals surface area contributed by atoms with Crippen LogP contribution in [0.25, 0.3) is 0 Å². The Morgan fingerprint density at radius 2 is 0.901 bits per heavy atom. The second kappa shape index (κ2) is 43.4. The van der Waals surface area contributed by atoms with Gasteiger partial charge in [-0.05, 0) is 44.9 Å². The van der Waals surface area contributed by atoms with Crippen LogP contribution in [0, 0.1) is 0 Å². The minimum Gasteiger partial charge on any atom is -0.394 e. The molecule has 2 aliphatic rings. The van der Waals surface area contributed by atoms with Gasteiger partial charge in [-0.15, -0.1) is 0 Å². The van der Waals surface area contributed by atoms with Gasteiger partial charge in [-0.25, -0.2) is 0 Å². The molecule has 9 N–H and O–H groups in total. The monoisotopic (exact) mass is 1010 g/mol. The van der Waals surface area contributed by atoms with E-state index in [9.17, 15) is 45.6 Å². The van der Waals surface area contributed by atoms with Crippen LogP contribution < -0.4 is 5.32 Å². The lowest BCUT2D eigenvalue weighted by atomic mass is 9.97. The quantitative estimate of drug-likeness (QED) is 0.0205. The SMILES string of the molecule is CCCCC/C=C/CC/C=C/CC/C=C/C(O)C(COC1OC(CO)C(OC2OC(CO)C(O)C(O)C2O)C(O)C1O)NC(=O)CCCCCCCCCCCCCCCCCCCCCCCCCC. The summed E-state index contributed by atoms with van der Waals surface area (Å²) >= 11 is 0. The van der Waals surface area contributed by atoms with Gasteiger partial charge in [0.1, 0.15) is 48.8 Å². The van der Waals surface area contributed by atoms with Gasteiger partial charge in [-0.2, -0.15) is 0 Å². The number of carbonyl (C=O) groups excluding carboxylic acids is 1. The Balaban J connectivity index is 1.75. The maximum absolute atomic E-state index is 13.2. The molecular formula is C57H105NO13. The largest absolute Gasteiger partial charge is 0.394 e. The molecule has 71 heavy (non-hydrogen) atoms. The number of hydrogen-bond donors (Lipinski definition) is 9. The summed E-state index contributed by atoms with van der Waals surface area (Å²) in [4.78, 5) is 13.2. The van der Waals surface area contributed by atoms with Crippen LogP contribution in [0.1, 0.15) is 226 Å². The van der Waals surface area contributed by atoms with Gasteiger partial charge in [0, 0.05) is 6.42 Å². The third kappa shape index (κ3) is 29.8. The van der Waals surface area contributed by atoms with Crippen LogP contribution in [0.2, 0.25) is 0 Å². The zero-order chi connectivity index (χ0) is 51.7. The van der Waals surface area contributed by atoms with E-state index in [2.05, 4.69) is 43.5 Å². The number of ether oxygens (including phenoxy) is 4. The number of amides is 1. The van der Waals surface area contributed by atoms with E-state index in [1.54, 1.807) is 6.08 Å². The van der Waals surface area contributed by atoms with Crippen LogP contribution in [0.5, 0.6) is 0 Å². The fourth-order valence-corrected chi connectivity index (χ4v) is 9.38. The van der Waals surface area contributed by atoms with Crippen molar-refractivity contribution in [1.29, 1.82) is 0 Å². The van der Waals surface area contributed by atoms with E-state index >= 15 is 0 Å². The lowest BCUT2D eigenvalue weighted by Gasteiger charge is -2.46. The first-order valence-electron chi connectivity index (χ1n) is 28.7. The van der Waals surface area contributed by atoms with Crippen molar-refractivity contribution in [2.45, 2.75) is 299 Å². The van der Waals surface area contributed by atoms with E-state index in [0.29, 0.717) is 12.8 Å². The molecule has 2 saturated heterocycles. The minimum absolute atomic E-state index is 0.251. The Hall–Kier alpha value is -1.79. The number of carbonyl (C=O) groups is 1. The number of allylic oxidation sites excluding steroid dienone is 5. The molecule has 0 bridgehead atoms. The van der Waals surface area contributed by atoms with Gasteiger partial charge in [-0.1, -0.05) is 211 Å². The highest BCUT2D eigenvalue weighted by Gasteiger charge is 2.51. The second-order valence-corrected chi connectivity index (χ2v) is 20.4. The number of unbranched alkanes of at least 4 members (excludes halogenated alkanes) is 28. The average molecular weight is 1010 g/mol. The number of rotatable bonds is 45. The van der Waals surface area contributed by atoms with Crippen molar-refractivity contribution in [2.75, 3.05) is 19.8 Å². The maximum Gasteiger partial charge on any atom is 0.220 e. The fraction of sp³-hybridized carbons (Fsp3) is 0.877. The molecule has 0 spiro atoms. The van der Waals surface area contributed by atoms with Gasteiger partial charge in [0.15, 0.2) is 12.6 Å². The van der Waals surface area contributed by atoms with Gasteiger partial charge < -0.3 is 65.1 Å². The summed E-state index contributed by atoms with van der Waals surface area (Å²) in [6.07, 6.45) is 34.8. The molecule has 0 saturated carbocycles. The maximum atomic E-state index is 13.2. The summed E-state index contributed by atoms with van der Waals surface area (Å²) in [5, 5.41) is 86.9. The zero-order valence-electron chi connectivity index (χ0n) is 44.5. The molecule has 0 radical (unpaired) electrons. The first-order valence-corrected chi connectivity index (χ1v) is 28.7. The van der Waals surface area contributed by atoms with Gasteiger partial charge >= 0.3 is 0 Å². The van der Waals surface area contributed by atoms with Gasteiger partial charge in [0.2, 0.25) is 5.91 Å². The summed E-state index contributed by atoms with van der Waals surface area (Å²) in [5.74, 6) is -0.251. The van der Waals surface area contributed by atoms with E-state index in [0.717, 1.165) is 44.9 Å². The highest BCUT2D eigenvalue weighted by atomic mass is 16.7. The van der Waals surface area contributed by atoms with E-state index in [-0.39, 0.29) is 18.9 Å². The number of hydrogen-bond acceptors (Lipinski definition) is 13. The molecule has 2 aliphatic heterocycles. The predicted octanol–water partition coefficient (Wildman–Crippen LogP) is 9.05. The molecule has 14 nitrogen and oxygen atoms in total. The molecule has 0 aromatic heterocycles. The summed E-state index contributed by atoms with van der Waals surface area (Å²) in [5.41, 5.74) is 0. The van der Waals surface area contributed by atoms with Crippen LogP contribution in [0.15, 0.2) is 36.5 Å². The topological polar surface area (TPSA) is 228 Å². The van der Waals surface area contributed by atoms with Crippen molar-refractivity contribution in [1.82, 2.24) is 5.32 Å². The van der Waals surface area contributed by atoms with Crippen LogP contribution in [0.4, 0.5) is 0 Å². The van der Waals surface area contributed by atoms with Gasteiger partial charge in [0.25, 0.3) is 0 Å². The van der Waals surface area contributed by atoms with Crippen LogP contribution >= 0.6 is 0 Å². The molecule has 2 fully saturated rings. The van der Waals surface area contributed by atoms with Crippen molar-refractivity contribution in [2.24, 2.45) is 0 Å². The van der Waals surface area contributed by atoms with Crippen molar-refractivity contribution < 1.29 is 64.6 Å². The normalized spacial score (nSPS) is 26.0. The van der Waals surface area contributed by atoms with Gasteiger partial charge in [0.05, 0.1) is 32.0 Å². The minimum atomic E-state index is -1.79. The Bertz CT molecular complexity index is 1330. The second-order valence-electron chi connectivity index (χ2n) is 20.4. The smallest absolute Gasteiger partial charge is 0.220 e. The molecule has 2 heterocycles. The lowest BCUT2D eigenvalue weighted by molar-refractivity contribution is -0.359. The standard InChI is InChI=1S/C57H105NO13/c1-3-5-7-9-11-13-15-17-18-19-20-21-22-23-24-25-26-27-29-31-33-35-37-39-41-49(62)58-45(46(61)40-38-36-34-32-30-28-16-14-12-10-8-6-4-2)44-68-56-54(67)52(65)55(48(43-60)70-56)71-57-53(66)51(64)50(63)47(42-59)69-57/h12,14,30,32,38,40,45-48,50-57,59-61,63-67H,3-11,13,15-29,31,33-37,39,41-44H2,1-2H3,(H,58,62)/b14-12+,32-30+,40-38+. The molecule has 0 aliphatic carbocycles. The number of nitrogens with one attached hydrogen (secondary N) is 1. The third-order valence-corrected chi connectivity index (χ3v) is 14.1. The van der Waals surface area contributed by atoms with Crippen molar-refractivity contribution in [3.05, 3.63) is 36.5 Å². The summed E-state index contributed by atoms with van der Waals surface area (Å²) < 4.78 is 22.7. The van der Waals surface area contributed by atoms with E-state index in [1.165, 1.54) is 148 Å². The van der Waals surface area contributed by atoms with E-state index in [4.69, 9.17) is 18.9 Å². The van der Waals surface area contributed by atoms with Crippen molar-refractivity contribution in [3.63, 3.8) is 0 Å². The average Bonchev–Trinajstić information content (AvgIpc) is 3.37. The van der Waals surface area contributed by atoms with E-state index < -0.39 is 86.8 Å². The Morgan fingerprint density at radius 3 is 1.38 bits per heavy atom.